The van der Waals surface area contributed by atoms with Gasteiger partial charge in [0.25, 0.3) is 8.56 Å². The smallest absolute Gasteiger partial charge is 0.264 e. The third kappa shape index (κ3) is 4.67. The summed E-state index contributed by atoms with van der Waals surface area (Å²) in [6, 6.07) is 0. The van der Waals surface area contributed by atoms with E-state index in [1.54, 1.807) is 13.1 Å². The van der Waals surface area contributed by atoms with E-state index in [1.165, 1.54) is 0 Å². The fourth-order valence-corrected chi connectivity index (χ4v) is 0. The lowest BCUT2D eigenvalue weighted by Gasteiger charge is -2.25. The fourth-order valence-electron chi connectivity index (χ4n) is 0. The van der Waals surface area contributed by atoms with Crippen molar-refractivity contribution in [3.8, 4) is 0 Å². The van der Waals surface area contributed by atoms with Gasteiger partial charge in [-0.05, 0) is 13.1 Å². The van der Waals surface area contributed by atoms with Gasteiger partial charge in [0.2, 0.25) is 0 Å². The van der Waals surface area contributed by atoms with Crippen molar-refractivity contribution in [2.45, 2.75) is 13.1 Å². The highest BCUT2D eigenvalue weighted by molar-refractivity contribution is 6.66. The van der Waals surface area contributed by atoms with Crippen LogP contribution in [0.25, 0.3) is 0 Å². The van der Waals surface area contributed by atoms with E-state index >= 15 is 0 Å². The normalized spacial score (nSPS) is 12.0. The van der Waals surface area contributed by atoms with Crippen LogP contribution in [0.1, 0.15) is 0 Å². The Kier molecular flexibility index (Phi) is 2.34. The van der Waals surface area contributed by atoms with E-state index in [4.69, 9.17) is 4.80 Å². The monoisotopic (exact) mass is 118 g/mol. The first-order valence-corrected chi connectivity index (χ1v) is 4.99. The average molecular weight is 118 g/mol. The van der Waals surface area contributed by atoms with Gasteiger partial charge in [0.1, 0.15) is 0 Å². The van der Waals surface area contributed by atoms with Crippen LogP contribution in [0.15, 0.2) is 0 Å². The molecule has 2 nitrogen and oxygen atoms in total. The van der Waals surface area contributed by atoms with Crippen LogP contribution in [0.4, 0.5) is 0 Å². The summed E-state index contributed by atoms with van der Waals surface area (Å²) in [6.45, 7) is 3.39. The number of hydrogen-bond acceptors (Lipinski definition) is 2. The summed E-state index contributed by atoms with van der Waals surface area (Å²) in [4.78, 5) is 8.72. The maximum Gasteiger partial charge on any atom is 0.264 e. The molecule has 0 aromatic rings. The largest absolute Gasteiger partial charge is 0.774 e. The molecular formula is C2H7AlO2Si-. The van der Waals surface area contributed by atoms with Crippen molar-refractivity contribution in [1.82, 2.24) is 0 Å². The highest BCUT2D eigenvalue weighted by Gasteiger charge is 2.05. The SMILES string of the molecule is C[Si](C)(O)[O][Al-]. The molecule has 0 bridgehead atoms. The lowest BCUT2D eigenvalue weighted by Crippen LogP contribution is -2.28. The summed E-state index contributed by atoms with van der Waals surface area (Å²) in [5.74, 6) is 0. The summed E-state index contributed by atoms with van der Waals surface area (Å²) in [7, 11) is -2.17. The Labute approximate surface area is 47.1 Å². The summed E-state index contributed by atoms with van der Waals surface area (Å²) < 4.78 is 4.55. The predicted molar refractivity (Wildman–Crippen MR) is 26.5 cm³/mol. The molecule has 0 aromatic carbocycles. The maximum absolute atomic E-state index is 8.72. The quantitative estimate of drug-likeness (QED) is 0.482. The van der Waals surface area contributed by atoms with Crippen LogP contribution in [0.3, 0.4) is 0 Å². The second kappa shape index (κ2) is 2.10. The molecule has 0 aliphatic heterocycles. The van der Waals surface area contributed by atoms with Crippen molar-refractivity contribution < 1.29 is 8.27 Å². The summed E-state index contributed by atoms with van der Waals surface area (Å²) in [5, 5.41) is 0. The minimum atomic E-state index is -2.17. The lowest BCUT2D eigenvalue weighted by molar-refractivity contribution is 0.412. The minimum Gasteiger partial charge on any atom is -0.774 e. The molecule has 0 heterocycles. The van der Waals surface area contributed by atoms with Crippen LogP contribution in [0, 0.1) is 0 Å². The maximum atomic E-state index is 8.72. The first-order valence-electron chi connectivity index (χ1n) is 1.66. The van der Waals surface area contributed by atoms with Gasteiger partial charge in [-0.2, -0.15) is 0 Å². The van der Waals surface area contributed by atoms with Crippen LogP contribution in [0.5, 0.6) is 0 Å². The van der Waals surface area contributed by atoms with Crippen LogP contribution in [0.2, 0.25) is 13.1 Å². The van der Waals surface area contributed by atoms with Gasteiger partial charge in [-0.15, -0.1) is 0 Å². The van der Waals surface area contributed by atoms with Gasteiger partial charge in [-0.25, -0.2) is 0 Å². The van der Waals surface area contributed by atoms with E-state index in [2.05, 4.69) is 3.48 Å². The van der Waals surface area contributed by atoms with Gasteiger partial charge < -0.3 is 24.9 Å². The van der Waals surface area contributed by atoms with E-state index in [9.17, 15) is 0 Å². The van der Waals surface area contributed by atoms with Crippen molar-refractivity contribution in [1.29, 1.82) is 0 Å². The molecule has 0 rings (SSSR count). The fraction of sp³-hybridized carbons (Fsp3) is 1.00. The number of rotatable bonds is 1. The van der Waals surface area contributed by atoms with Gasteiger partial charge in [0.05, 0.1) is 0 Å². The Balaban J connectivity index is 3.17. The third-order valence-electron chi connectivity index (χ3n) is 0.288. The molecular weight excluding hydrogens is 111 g/mol. The molecule has 0 saturated heterocycles. The van der Waals surface area contributed by atoms with Crippen molar-refractivity contribution in [3.05, 3.63) is 0 Å². The molecule has 0 aliphatic carbocycles. The Morgan fingerprint density at radius 3 is 1.83 bits per heavy atom. The zero-order valence-corrected chi connectivity index (χ0v) is 6.09. The predicted octanol–water partition coefficient (Wildman–Crippen LogP) is -0.219. The molecule has 0 aromatic heterocycles. The van der Waals surface area contributed by atoms with Gasteiger partial charge in [-0.3, -0.25) is 0 Å². The van der Waals surface area contributed by atoms with E-state index in [0.717, 1.165) is 0 Å². The first-order chi connectivity index (χ1) is 2.56. The van der Waals surface area contributed by atoms with Gasteiger partial charge in [0, 0.05) is 0 Å². The Morgan fingerprint density at radius 1 is 1.67 bits per heavy atom. The molecule has 0 fully saturated rings. The van der Waals surface area contributed by atoms with E-state index in [0.29, 0.717) is 0 Å². The Hall–Kier alpha value is 0.669. The molecule has 0 amide bonds. The van der Waals surface area contributed by atoms with Crippen LogP contribution in [-0.2, 0) is 3.48 Å². The Bertz CT molecular complexity index is 41.3. The molecule has 0 unspecified atom stereocenters. The average Bonchev–Trinajstić information content (AvgIpc) is 1.35. The lowest BCUT2D eigenvalue weighted by atomic mass is 11.9. The highest BCUT2D eigenvalue weighted by Crippen LogP contribution is 1.91. The zero-order valence-electron chi connectivity index (χ0n) is 3.93. The summed E-state index contributed by atoms with van der Waals surface area (Å²) in [6.07, 6.45) is 0. The van der Waals surface area contributed by atoms with Crippen molar-refractivity contribution >= 4 is 25.2 Å². The molecule has 4 heteroatoms. The molecule has 35 valence electrons. The highest BCUT2D eigenvalue weighted by atomic mass is 28.4. The Morgan fingerprint density at radius 2 is 1.83 bits per heavy atom. The van der Waals surface area contributed by atoms with Crippen LogP contribution >= 0.6 is 0 Å². The molecule has 3 radical (unpaired) electrons. The van der Waals surface area contributed by atoms with Crippen LogP contribution < -0.4 is 0 Å². The second-order valence-corrected chi connectivity index (χ2v) is 5.40. The van der Waals surface area contributed by atoms with Gasteiger partial charge in [0.15, 0.2) is 0 Å². The van der Waals surface area contributed by atoms with Crippen LogP contribution in [-0.4, -0.2) is 30.0 Å². The van der Waals surface area contributed by atoms with Crippen molar-refractivity contribution in [2.75, 3.05) is 0 Å². The van der Waals surface area contributed by atoms with E-state index in [-0.39, 0.29) is 0 Å². The molecule has 0 saturated carbocycles. The van der Waals surface area contributed by atoms with E-state index < -0.39 is 8.56 Å². The minimum absolute atomic E-state index is 1.69. The standard InChI is InChI=1S/C2H7O2Si.Al/c1-5(2,3)4;/h3H,1-2H3;/q-1;. The molecule has 0 atom stereocenters. The third-order valence-corrected chi connectivity index (χ3v) is 2.60. The second-order valence-electron chi connectivity index (χ2n) is 1.56. The topological polar surface area (TPSA) is 29.5 Å². The first kappa shape index (κ1) is 6.67. The van der Waals surface area contributed by atoms with Crippen molar-refractivity contribution in [3.63, 3.8) is 0 Å². The molecule has 6 heavy (non-hydrogen) atoms. The molecule has 1 N–H and O–H groups in total. The van der Waals surface area contributed by atoms with Gasteiger partial charge in [-0.1, -0.05) is 0 Å². The summed E-state index contributed by atoms with van der Waals surface area (Å²) in [5.41, 5.74) is 0. The zero-order chi connectivity index (χ0) is 5.21. The summed E-state index contributed by atoms with van der Waals surface area (Å²) >= 11 is 2.04. The van der Waals surface area contributed by atoms with E-state index in [1.807, 2.05) is 16.6 Å². The number of hydrogen-bond donors (Lipinski definition) is 1. The van der Waals surface area contributed by atoms with Crippen molar-refractivity contribution in [2.24, 2.45) is 0 Å². The van der Waals surface area contributed by atoms with Gasteiger partial charge >= 0.3 is 0 Å². The molecule has 0 spiro atoms. The molecule has 0 aliphatic rings.